The van der Waals surface area contributed by atoms with Crippen molar-refractivity contribution in [3.05, 3.63) is 0 Å². The largest absolute Gasteiger partial charge is 0.369 e. The maximum Gasteiger partial charge on any atom is 0.315 e. The van der Waals surface area contributed by atoms with Gasteiger partial charge in [0.2, 0.25) is 5.91 Å². The number of carbonyl (C=O) groups is 2. The summed E-state index contributed by atoms with van der Waals surface area (Å²) < 4.78 is 0. The van der Waals surface area contributed by atoms with E-state index in [1.54, 1.807) is 0 Å². The second-order valence-electron chi connectivity index (χ2n) is 6.83. The van der Waals surface area contributed by atoms with Crippen molar-refractivity contribution in [2.24, 2.45) is 11.7 Å². The number of amides is 3. The van der Waals surface area contributed by atoms with Crippen molar-refractivity contribution >= 4 is 11.9 Å². The second-order valence-corrected chi connectivity index (χ2v) is 6.83. The first-order valence-corrected chi connectivity index (χ1v) is 8.84. The normalized spacial score (nSPS) is 23.8. The standard InChI is InChI=1S/C16H31N5O2/c1-2-6-20-7-3-13(11-20)10-18-16(23)19-14-4-8-21(9-5-14)12-15(17)22/h13-14H,2-12H2,1H3,(H2,17,22)(H2,18,19,23). The van der Waals surface area contributed by atoms with Gasteiger partial charge in [0.25, 0.3) is 0 Å². The highest BCUT2D eigenvalue weighted by molar-refractivity contribution is 5.76. The number of primary amides is 1. The highest BCUT2D eigenvalue weighted by Crippen LogP contribution is 2.15. The molecule has 0 saturated carbocycles. The Balaban J connectivity index is 1.58. The number of nitrogens with two attached hydrogens (primary N) is 1. The molecule has 0 spiro atoms. The van der Waals surface area contributed by atoms with E-state index in [2.05, 4.69) is 22.5 Å². The zero-order valence-corrected chi connectivity index (χ0v) is 14.2. The van der Waals surface area contributed by atoms with Crippen LogP contribution in [0.1, 0.15) is 32.6 Å². The predicted octanol–water partition coefficient (Wildman–Crippen LogP) is -0.0328. The molecule has 2 rings (SSSR count). The number of rotatable bonds is 7. The van der Waals surface area contributed by atoms with E-state index in [0.717, 1.165) is 52.1 Å². The van der Waals surface area contributed by atoms with Crippen LogP contribution in [0.2, 0.25) is 0 Å². The smallest absolute Gasteiger partial charge is 0.315 e. The van der Waals surface area contributed by atoms with E-state index in [1.165, 1.54) is 12.8 Å². The monoisotopic (exact) mass is 325 g/mol. The number of piperidine rings is 1. The lowest BCUT2D eigenvalue weighted by molar-refractivity contribution is -0.119. The van der Waals surface area contributed by atoms with Gasteiger partial charge in [0.05, 0.1) is 6.54 Å². The molecule has 3 amide bonds. The van der Waals surface area contributed by atoms with Crippen LogP contribution < -0.4 is 16.4 Å². The number of likely N-dealkylation sites (tertiary alicyclic amines) is 2. The topological polar surface area (TPSA) is 90.7 Å². The first kappa shape index (κ1) is 18.0. The lowest BCUT2D eigenvalue weighted by Crippen LogP contribution is -2.49. The average molecular weight is 325 g/mol. The van der Waals surface area contributed by atoms with Gasteiger partial charge < -0.3 is 21.3 Å². The fourth-order valence-electron chi connectivity index (χ4n) is 3.53. The molecule has 1 unspecified atom stereocenters. The van der Waals surface area contributed by atoms with Gasteiger partial charge in [-0.3, -0.25) is 9.69 Å². The van der Waals surface area contributed by atoms with Crippen LogP contribution in [-0.2, 0) is 4.79 Å². The van der Waals surface area contributed by atoms with E-state index in [-0.39, 0.29) is 18.0 Å². The summed E-state index contributed by atoms with van der Waals surface area (Å²) in [7, 11) is 0. The van der Waals surface area contributed by atoms with Crippen molar-refractivity contribution in [1.29, 1.82) is 0 Å². The van der Waals surface area contributed by atoms with E-state index in [9.17, 15) is 9.59 Å². The summed E-state index contributed by atoms with van der Waals surface area (Å²) in [6.07, 6.45) is 4.10. The summed E-state index contributed by atoms with van der Waals surface area (Å²) >= 11 is 0. The van der Waals surface area contributed by atoms with Gasteiger partial charge in [0.15, 0.2) is 0 Å². The van der Waals surface area contributed by atoms with Crippen LogP contribution in [0.5, 0.6) is 0 Å². The third kappa shape index (κ3) is 6.35. The fraction of sp³-hybridized carbons (Fsp3) is 0.875. The zero-order valence-electron chi connectivity index (χ0n) is 14.2. The molecule has 1 atom stereocenters. The third-order valence-electron chi connectivity index (χ3n) is 4.76. The molecule has 2 aliphatic heterocycles. The van der Waals surface area contributed by atoms with Gasteiger partial charge in [-0.25, -0.2) is 4.79 Å². The number of urea groups is 1. The van der Waals surface area contributed by atoms with Gasteiger partial charge in [0.1, 0.15) is 0 Å². The number of nitrogens with zero attached hydrogens (tertiary/aromatic N) is 2. The molecule has 0 bridgehead atoms. The summed E-state index contributed by atoms with van der Waals surface area (Å²) in [6.45, 7) is 8.30. The molecule has 4 N–H and O–H groups in total. The summed E-state index contributed by atoms with van der Waals surface area (Å²) in [5.41, 5.74) is 5.20. The van der Waals surface area contributed by atoms with Crippen molar-refractivity contribution in [3.63, 3.8) is 0 Å². The van der Waals surface area contributed by atoms with Gasteiger partial charge in [-0.2, -0.15) is 0 Å². The van der Waals surface area contributed by atoms with Gasteiger partial charge in [-0.15, -0.1) is 0 Å². The van der Waals surface area contributed by atoms with Crippen LogP contribution >= 0.6 is 0 Å². The molecule has 7 heteroatoms. The molecule has 2 heterocycles. The average Bonchev–Trinajstić information content (AvgIpc) is 2.95. The van der Waals surface area contributed by atoms with Crippen molar-refractivity contribution in [3.8, 4) is 0 Å². The van der Waals surface area contributed by atoms with Crippen LogP contribution in [-0.4, -0.2) is 73.6 Å². The minimum Gasteiger partial charge on any atom is -0.369 e. The Kier molecular flexibility index (Phi) is 7.11. The van der Waals surface area contributed by atoms with Crippen molar-refractivity contribution in [2.45, 2.75) is 38.6 Å². The van der Waals surface area contributed by atoms with Gasteiger partial charge in [-0.05, 0) is 44.7 Å². The molecule has 0 aromatic carbocycles. The molecule has 7 nitrogen and oxygen atoms in total. The maximum absolute atomic E-state index is 12.0. The van der Waals surface area contributed by atoms with Crippen LogP contribution in [0.25, 0.3) is 0 Å². The molecule has 2 aliphatic rings. The number of hydrogen-bond donors (Lipinski definition) is 3. The van der Waals surface area contributed by atoms with E-state index < -0.39 is 0 Å². The fourth-order valence-corrected chi connectivity index (χ4v) is 3.53. The Morgan fingerprint density at radius 3 is 2.48 bits per heavy atom. The van der Waals surface area contributed by atoms with E-state index >= 15 is 0 Å². The maximum atomic E-state index is 12.0. The molecule has 0 aromatic heterocycles. The van der Waals surface area contributed by atoms with Crippen LogP contribution in [0.15, 0.2) is 0 Å². The second kappa shape index (κ2) is 9.08. The van der Waals surface area contributed by atoms with E-state index in [1.807, 2.05) is 4.90 Å². The van der Waals surface area contributed by atoms with E-state index in [0.29, 0.717) is 12.5 Å². The van der Waals surface area contributed by atoms with Crippen LogP contribution in [0.3, 0.4) is 0 Å². The Hall–Kier alpha value is -1.34. The molecule has 2 saturated heterocycles. The van der Waals surface area contributed by atoms with E-state index in [4.69, 9.17) is 5.73 Å². The SMILES string of the molecule is CCCN1CCC(CNC(=O)NC2CCN(CC(N)=O)CC2)C1. The summed E-state index contributed by atoms with van der Waals surface area (Å²) in [4.78, 5) is 27.4. The molecule has 132 valence electrons. The lowest BCUT2D eigenvalue weighted by atomic mass is 10.1. The molecule has 0 aromatic rings. The minimum atomic E-state index is -0.289. The first-order valence-electron chi connectivity index (χ1n) is 8.84. The minimum absolute atomic E-state index is 0.0627. The molecular weight excluding hydrogens is 294 g/mol. The van der Waals surface area contributed by atoms with Crippen molar-refractivity contribution < 1.29 is 9.59 Å². The van der Waals surface area contributed by atoms with Crippen molar-refractivity contribution in [2.75, 3.05) is 45.8 Å². The van der Waals surface area contributed by atoms with Gasteiger partial charge in [0, 0.05) is 32.2 Å². The number of hydrogen-bond acceptors (Lipinski definition) is 4. The summed E-state index contributed by atoms with van der Waals surface area (Å²) in [6, 6.07) is 0.131. The summed E-state index contributed by atoms with van der Waals surface area (Å²) in [5, 5.41) is 6.06. The predicted molar refractivity (Wildman–Crippen MR) is 90.0 cm³/mol. The number of carbonyl (C=O) groups excluding carboxylic acids is 2. The Labute approximate surface area is 138 Å². The molecule has 0 radical (unpaired) electrons. The van der Waals surface area contributed by atoms with Crippen LogP contribution in [0, 0.1) is 5.92 Å². The van der Waals surface area contributed by atoms with Crippen LogP contribution in [0.4, 0.5) is 4.79 Å². The highest BCUT2D eigenvalue weighted by atomic mass is 16.2. The highest BCUT2D eigenvalue weighted by Gasteiger charge is 2.24. The summed E-state index contributed by atoms with van der Waals surface area (Å²) in [5.74, 6) is 0.285. The third-order valence-corrected chi connectivity index (χ3v) is 4.76. The molecule has 2 fully saturated rings. The quantitative estimate of drug-likeness (QED) is 0.613. The number of nitrogens with one attached hydrogen (secondary N) is 2. The lowest BCUT2D eigenvalue weighted by Gasteiger charge is -2.31. The molecule has 23 heavy (non-hydrogen) atoms. The zero-order chi connectivity index (χ0) is 16.7. The first-order chi connectivity index (χ1) is 11.1. The Morgan fingerprint density at radius 2 is 1.83 bits per heavy atom. The molecule has 0 aliphatic carbocycles. The molecular formula is C16H31N5O2. The van der Waals surface area contributed by atoms with Gasteiger partial charge >= 0.3 is 6.03 Å². The Morgan fingerprint density at radius 1 is 1.13 bits per heavy atom. The van der Waals surface area contributed by atoms with Crippen molar-refractivity contribution in [1.82, 2.24) is 20.4 Å². The van der Waals surface area contributed by atoms with Gasteiger partial charge in [-0.1, -0.05) is 6.92 Å². The Bertz CT molecular complexity index is 396.